The van der Waals surface area contributed by atoms with Gasteiger partial charge in [-0.1, -0.05) is 0 Å². The van der Waals surface area contributed by atoms with Crippen LogP contribution in [-0.2, 0) is 6.18 Å². The van der Waals surface area contributed by atoms with Crippen LogP contribution in [0.15, 0.2) is 36.7 Å². The molecule has 0 radical (unpaired) electrons. The largest absolute Gasteiger partial charge is 0.433 e. The first-order valence-corrected chi connectivity index (χ1v) is 5.88. The van der Waals surface area contributed by atoms with Gasteiger partial charge >= 0.3 is 6.18 Å². The topological polar surface area (TPSA) is 66.9 Å². The highest BCUT2D eigenvalue weighted by Crippen LogP contribution is 2.27. The molecule has 2 aromatic heterocycles. The molecule has 2 aromatic rings. The molecule has 5 nitrogen and oxygen atoms in total. The molecule has 0 atom stereocenters. The Labute approximate surface area is 118 Å². The van der Waals surface area contributed by atoms with Gasteiger partial charge in [0.05, 0.1) is 23.8 Å². The first-order valence-electron chi connectivity index (χ1n) is 5.88. The summed E-state index contributed by atoms with van der Waals surface area (Å²) >= 11 is 0. The fourth-order valence-electron chi connectivity index (χ4n) is 1.51. The van der Waals surface area contributed by atoms with Crippen LogP contribution in [0.5, 0.6) is 0 Å². The SMILES string of the molecule is CNc1ccc(C(=O)Nc2ccc(C(F)(F)F)nc2)nc1. The summed E-state index contributed by atoms with van der Waals surface area (Å²) in [5.41, 5.74) is 0.0288. The summed E-state index contributed by atoms with van der Waals surface area (Å²) in [6.45, 7) is 0. The van der Waals surface area contributed by atoms with Crippen molar-refractivity contribution in [1.82, 2.24) is 9.97 Å². The Kier molecular flexibility index (Phi) is 4.06. The highest BCUT2D eigenvalue weighted by Gasteiger charge is 2.32. The van der Waals surface area contributed by atoms with E-state index in [9.17, 15) is 18.0 Å². The van der Waals surface area contributed by atoms with Crippen LogP contribution in [0.4, 0.5) is 24.5 Å². The molecule has 0 saturated heterocycles. The van der Waals surface area contributed by atoms with Gasteiger partial charge in [0.25, 0.3) is 5.91 Å². The summed E-state index contributed by atoms with van der Waals surface area (Å²) in [7, 11) is 1.71. The summed E-state index contributed by atoms with van der Waals surface area (Å²) in [6, 6.07) is 5.09. The van der Waals surface area contributed by atoms with Crippen molar-refractivity contribution in [2.45, 2.75) is 6.18 Å². The highest BCUT2D eigenvalue weighted by molar-refractivity contribution is 6.02. The Morgan fingerprint density at radius 2 is 1.71 bits per heavy atom. The first kappa shape index (κ1) is 14.8. The minimum atomic E-state index is -4.51. The van der Waals surface area contributed by atoms with Crippen LogP contribution in [0.25, 0.3) is 0 Å². The van der Waals surface area contributed by atoms with Gasteiger partial charge in [0.15, 0.2) is 0 Å². The van der Waals surface area contributed by atoms with Gasteiger partial charge in [-0.2, -0.15) is 13.2 Å². The van der Waals surface area contributed by atoms with Crippen molar-refractivity contribution in [1.29, 1.82) is 0 Å². The van der Waals surface area contributed by atoms with E-state index in [0.717, 1.165) is 24.0 Å². The Morgan fingerprint density at radius 3 is 2.19 bits per heavy atom. The maximum atomic E-state index is 12.4. The average molecular weight is 296 g/mol. The molecule has 8 heteroatoms. The lowest BCUT2D eigenvalue weighted by molar-refractivity contribution is -0.141. The minimum Gasteiger partial charge on any atom is -0.387 e. The molecule has 21 heavy (non-hydrogen) atoms. The molecule has 0 bridgehead atoms. The van der Waals surface area contributed by atoms with Crippen LogP contribution in [0.1, 0.15) is 16.2 Å². The second-order valence-corrected chi connectivity index (χ2v) is 4.07. The maximum absolute atomic E-state index is 12.4. The van der Waals surface area contributed by atoms with Crippen molar-refractivity contribution in [2.75, 3.05) is 17.7 Å². The summed E-state index contributed by atoms with van der Waals surface area (Å²) < 4.78 is 37.1. The van der Waals surface area contributed by atoms with Crippen molar-refractivity contribution >= 4 is 17.3 Å². The average Bonchev–Trinajstić information content (AvgIpc) is 2.47. The Balaban J connectivity index is 2.08. The van der Waals surface area contributed by atoms with Crippen LogP contribution < -0.4 is 10.6 Å². The van der Waals surface area contributed by atoms with E-state index in [-0.39, 0.29) is 11.4 Å². The molecule has 0 unspecified atom stereocenters. The van der Waals surface area contributed by atoms with E-state index < -0.39 is 17.8 Å². The third-order valence-electron chi connectivity index (χ3n) is 2.60. The fraction of sp³-hybridized carbons (Fsp3) is 0.154. The lowest BCUT2D eigenvalue weighted by Crippen LogP contribution is -2.14. The number of nitrogens with zero attached hydrogens (tertiary/aromatic N) is 2. The predicted octanol–water partition coefficient (Wildman–Crippen LogP) is 2.79. The van der Waals surface area contributed by atoms with Crippen LogP contribution >= 0.6 is 0 Å². The second-order valence-electron chi connectivity index (χ2n) is 4.07. The van der Waals surface area contributed by atoms with E-state index in [1.165, 1.54) is 12.3 Å². The van der Waals surface area contributed by atoms with Crippen molar-refractivity contribution in [2.24, 2.45) is 0 Å². The normalized spacial score (nSPS) is 11.0. The van der Waals surface area contributed by atoms with Gasteiger partial charge in [-0.3, -0.25) is 4.79 Å². The molecule has 2 heterocycles. The number of hydrogen-bond acceptors (Lipinski definition) is 4. The number of carbonyl (C=O) groups is 1. The standard InChI is InChI=1S/C13H11F3N4O/c1-17-8-2-4-10(18-6-8)12(21)20-9-3-5-11(19-7-9)13(14,15)16/h2-7,17H,1H3,(H,20,21). The predicted molar refractivity (Wildman–Crippen MR) is 71.0 cm³/mol. The van der Waals surface area contributed by atoms with E-state index in [1.54, 1.807) is 13.1 Å². The quantitative estimate of drug-likeness (QED) is 0.914. The third kappa shape index (κ3) is 3.68. The number of rotatable bonds is 3. The van der Waals surface area contributed by atoms with Gasteiger partial charge in [-0.15, -0.1) is 0 Å². The molecule has 0 aliphatic carbocycles. The maximum Gasteiger partial charge on any atom is 0.433 e. The summed E-state index contributed by atoms with van der Waals surface area (Å²) in [4.78, 5) is 19.0. The number of pyridine rings is 2. The number of nitrogens with one attached hydrogen (secondary N) is 2. The van der Waals surface area contributed by atoms with Crippen LogP contribution in [0.3, 0.4) is 0 Å². The zero-order valence-electron chi connectivity index (χ0n) is 10.9. The first-order chi connectivity index (χ1) is 9.90. The van der Waals surface area contributed by atoms with Crippen LogP contribution in [-0.4, -0.2) is 22.9 Å². The van der Waals surface area contributed by atoms with Gasteiger partial charge in [-0.05, 0) is 24.3 Å². The van der Waals surface area contributed by atoms with E-state index >= 15 is 0 Å². The Morgan fingerprint density at radius 1 is 1.05 bits per heavy atom. The summed E-state index contributed by atoms with van der Waals surface area (Å²) in [5, 5.41) is 5.28. The van der Waals surface area contributed by atoms with E-state index in [4.69, 9.17) is 0 Å². The molecule has 0 aliphatic rings. The zero-order chi connectivity index (χ0) is 15.5. The second kappa shape index (κ2) is 5.78. The number of amides is 1. The van der Waals surface area contributed by atoms with Crippen LogP contribution in [0, 0.1) is 0 Å². The molecule has 0 spiro atoms. The Bertz CT molecular complexity index is 623. The monoisotopic (exact) mass is 296 g/mol. The fourth-order valence-corrected chi connectivity index (χ4v) is 1.51. The van der Waals surface area contributed by atoms with Gasteiger partial charge < -0.3 is 10.6 Å². The molecule has 2 N–H and O–H groups in total. The van der Waals surface area contributed by atoms with Crippen molar-refractivity contribution in [3.63, 3.8) is 0 Å². The number of anilines is 2. The van der Waals surface area contributed by atoms with Gasteiger partial charge in [0.1, 0.15) is 11.4 Å². The van der Waals surface area contributed by atoms with E-state index in [1.807, 2.05) is 0 Å². The lowest BCUT2D eigenvalue weighted by Gasteiger charge is -2.08. The smallest absolute Gasteiger partial charge is 0.387 e. The van der Waals surface area contributed by atoms with Gasteiger partial charge in [0.2, 0.25) is 0 Å². The number of alkyl halides is 3. The van der Waals surface area contributed by atoms with Gasteiger partial charge in [-0.25, -0.2) is 9.97 Å². The molecular weight excluding hydrogens is 285 g/mol. The highest BCUT2D eigenvalue weighted by atomic mass is 19.4. The van der Waals surface area contributed by atoms with Crippen LogP contribution in [0.2, 0.25) is 0 Å². The van der Waals surface area contributed by atoms with E-state index in [0.29, 0.717) is 0 Å². The molecule has 0 aliphatic heterocycles. The number of hydrogen-bond donors (Lipinski definition) is 2. The molecule has 0 saturated carbocycles. The Hall–Kier alpha value is -2.64. The van der Waals surface area contributed by atoms with Gasteiger partial charge in [0, 0.05) is 7.05 Å². The molecule has 2 rings (SSSR count). The third-order valence-corrected chi connectivity index (χ3v) is 2.60. The molecule has 0 aromatic carbocycles. The number of carbonyl (C=O) groups excluding carboxylic acids is 1. The lowest BCUT2D eigenvalue weighted by atomic mass is 10.3. The molecule has 110 valence electrons. The van der Waals surface area contributed by atoms with E-state index in [2.05, 4.69) is 20.6 Å². The zero-order valence-corrected chi connectivity index (χ0v) is 10.9. The molecular formula is C13H11F3N4O. The number of halogens is 3. The molecule has 1 amide bonds. The molecule has 0 fully saturated rings. The van der Waals surface area contributed by atoms with Crippen molar-refractivity contribution < 1.29 is 18.0 Å². The summed E-state index contributed by atoms with van der Waals surface area (Å²) in [6.07, 6.45) is -2.09. The van der Waals surface area contributed by atoms with Crippen molar-refractivity contribution in [3.8, 4) is 0 Å². The summed E-state index contributed by atoms with van der Waals surface area (Å²) in [5.74, 6) is -0.529. The van der Waals surface area contributed by atoms with Crippen molar-refractivity contribution in [3.05, 3.63) is 48.0 Å². The number of aromatic nitrogens is 2. The minimum absolute atomic E-state index is 0.147.